The topological polar surface area (TPSA) is 35.8 Å². The van der Waals surface area contributed by atoms with Gasteiger partial charge in [-0.3, -0.25) is 4.99 Å². The van der Waals surface area contributed by atoms with Crippen LogP contribution in [0.3, 0.4) is 0 Å². The molecule has 6 heteroatoms. The third-order valence-corrected chi connectivity index (χ3v) is 6.46. The average molecular weight is 483 g/mol. The smallest absolute Gasteiger partial charge is 0.385 e. The van der Waals surface area contributed by atoms with Crippen LogP contribution in [-0.4, -0.2) is 29.4 Å². The van der Waals surface area contributed by atoms with E-state index in [-0.39, 0.29) is 5.56 Å². The van der Waals surface area contributed by atoms with Gasteiger partial charge in [-0.25, -0.2) is 0 Å². The van der Waals surface area contributed by atoms with Crippen molar-refractivity contribution < 1.29 is 18.3 Å². The monoisotopic (exact) mass is 482 g/mol. The number of amidine groups is 1. The van der Waals surface area contributed by atoms with Gasteiger partial charge in [-0.2, -0.15) is 13.2 Å². The van der Waals surface area contributed by atoms with E-state index in [4.69, 9.17) is 0 Å². The lowest BCUT2D eigenvalue weighted by atomic mass is 9.84. The molecule has 0 radical (unpaired) electrons. The van der Waals surface area contributed by atoms with E-state index in [1.807, 2.05) is 20.9 Å². The first-order valence-corrected chi connectivity index (χ1v) is 12.9. The van der Waals surface area contributed by atoms with Gasteiger partial charge in [0.1, 0.15) is 5.84 Å². The van der Waals surface area contributed by atoms with Crippen molar-refractivity contribution in [2.45, 2.75) is 110 Å². The van der Waals surface area contributed by atoms with Gasteiger partial charge in [-0.1, -0.05) is 65.2 Å². The van der Waals surface area contributed by atoms with Crippen LogP contribution in [-0.2, 0) is 11.8 Å². The zero-order valence-electron chi connectivity index (χ0n) is 21.9. The highest BCUT2D eigenvalue weighted by molar-refractivity contribution is 5.83. The van der Waals surface area contributed by atoms with Gasteiger partial charge in [-0.05, 0) is 62.6 Å². The van der Waals surface area contributed by atoms with Gasteiger partial charge in [0.15, 0.2) is 0 Å². The Morgan fingerprint density at radius 3 is 2.24 bits per heavy atom. The highest BCUT2D eigenvalue weighted by Gasteiger charge is 2.35. The van der Waals surface area contributed by atoms with Crippen molar-refractivity contribution in [3.63, 3.8) is 0 Å². The van der Waals surface area contributed by atoms with E-state index in [1.54, 1.807) is 6.07 Å². The predicted molar refractivity (Wildman–Crippen MR) is 137 cm³/mol. The second-order valence-corrected chi connectivity index (χ2v) is 9.33. The van der Waals surface area contributed by atoms with E-state index in [2.05, 4.69) is 23.4 Å². The molecule has 1 aliphatic rings. The fraction of sp³-hybridized carbons (Fsp3) is 0.679. The predicted octanol–water partition coefficient (Wildman–Crippen LogP) is 8.40. The number of unbranched alkanes of at least 4 members (excludes halogenated alkanes) is 1. The Balaban J connectivity index is 0.000000350. The second-order valence-electron chi connectivity index (χ2n) is 9.33. The summed E-state index contributed by atoms with van der Waals surface area (Å²) in [7, 11) is 1.91. The minimum Gasteiger partial charge on any atom is -0.385 e. The number of hydrogen-bond acceptors (Lipinski definition) is 2. The van der Waals surface area contributed by atoms with Crippen LogP contribution in [0.15, 0.2) is 35.5 Å². The van der Waals surface area contributed by atoms with Gasteiger partial charge in [-0.15, -0.1) is 0 Å². The summed E-state index contributed by atoms with van der Waals surface area (Å²) in [5, 5.41) is 10.6. The molecule has 0 bridgehead atoms. The molecule has 1 heterocycles. The lowest BCUT2D eigenvalue weighted by molar-refractivity contribution is -0.138. The molecule has 0 spiro atoms. The van der Waals surface area contributed by atoms with Crippen molar-refractivity contribution in [2.75, 3.05) is 13.6 Å². The van der Waals surface area contributed by atoms with Gasteiger partial charge in [0.2, 0.25) is 0 Å². The Morgan fingerprint density at radius 1 is 1.06 bits per heavy atom. The number of benzene rings is 1. The standard InChI is InChI=1S/C15H21F3O.C13H24N2/c1-4-8-14(19,9-5-2)12-7-6-11(3)13(10-12)15(16,17)18;1-4-5-10-13(14-3)15-11-8-6-7-9-12(15)2/h6-7,10,19H,4-5,8-9H2,1-3H3;2,4-11H2,1,3H3. The van der Waals surface area contributed by atoms with Crippen molar-refractivity contribution >= 4 is 5.84 Å². The van der Waals surface area contributed by atoms with E-state index >= 15 is 0 Å². The molecule has 0 unspecified atom stereocenters. The lowest BCUT2D eigenvalue weighted by Crippen LogP contribution is -2.29. The van der Waals surface area contributed by atoms with Crippen molar-refractivity contribution in [3.8, 4) is 0 Å². The number of allylic oxidation sites excluding steroid dienone is 1. The number of rotatable bonds is 8. The van der Waals surface area contributed by atoms with E-state index in [0.29, 0.717) is 18.4 Å². The summed E-state index contributed by atoms with van der Waals surface area (Å²) in [6, 6.07) is 4.14. The highest BCUT2D eigenvalue weighted by atomic mass is 19.4. The third kappa shape index (κ3) is 9.09. The van der Waals surface area contributed by atoms with Gasteiger partial charge in [0.25, 0.3) is 0 Å². The number of alkyl halides is 3. The fourth-order valence-electron chi connectivity index (χ4n) is 4.54. The average Bonchev–Trinajstić information content (AvgIpc) is 2.99. The quantitative estimate of drug-likeness (QED) is 0.298. The molecule has 0 aromatic heterocycles. The zero-order valence-corrected chi connectivity index (χ0v) is 21.9. The second kappa shape index (κ2) is 14.6. The van der Waals surface area contributed by atoms with E-state index in [1.165, 1.54) is 56.6 Å². The molecule has 34 heavy (non-hydrogen) atoms. The maximum absolute atomic E-state index is 12.9. The molecule has 2 rings (SSSR count). The SMILES string of the molecule is C=C1CCCCCN1C(CCCC)=NC.CCCC(O)(CCC)c1ccc(C)c(C(F)(F)F)c1. The first-order valence-electron chi connectivity index (χ1n) is 12.9. The number of halogens is 3. The van der Waals surface area contributed by atoms with Crippen LogP contribution in [0.1, 0.15) is 108 Å². The Hall–Kier alpha value is -1.82. The first kappa shape index (κ1) is 30.2. The van der Waals surface area contributed by atoms with Gasteiger partial charge >= 0.3 is 6.18 Å². The van der Waals surface area contributed by atoms with E-state index in [9.17, 15) is 18.3 Å². The summed E-state index contributed by atoms with van der Waals surface area (Å²) < 4.78 is 38.7. The Kier molecular flexibility index (Phi) is 12.9. The Labute approximate surface area is 205 Å². The Bertz CT molecular complexity index is 780. The molecule has 1 saturated heterocycles. The normalized spacial score (nSPS) is 15.6. The van der Waals surface area contributed by atoms with Crippen molar-refractivity contribution in [1.82, 2.24) is 4.90 Å². The summed E-state index contributed by atoms with van der Waals surface area (Å²) in [5.41, 5.74) is 0.0116. The van der Waals surface area contributed by atoms with Crippen LogP contribution in [0.25, 0.3) is 0 Å². The number of aliphatic imine (C=N–C) groups is 1. The van der Waals surface area contributed by atoms with Crippen molar-refractivity contribution in [1.29, 1.82) is 0 Å². The highest BCUT2D eigenvalue weighted by Crippen LogP contribution is 2.37. The number of aliphatic hydroxyl groups is 1. The molecule has 0 saturated carbocycles. The molecule has 1 N–H and O–H groups in total. The van der Waals surface area contributed by atoms with Crippen LogP contribution in [0, 0.1) is 6.92 Å². The number of nitrogens with zero attached hydrogens (tertiary/aromatic N) is 2. The number of likely N-dealkylation sites (tertiary alicyclic amines) is 1. The van der Waals surface area contributed by atoms with Crippen LogP contribution < -0.4 is 0 Å². The maximum atomic E-state index is 12.9. The van der Waals surface area contributed by atoms with Gasteiger partial charge in [0, 0.05) is 25.7 Å². The summed E-state index contributed by atoms with van der Waals surface area (Å²) in [4.78, 5) is 6.77. The molecule has 1 aromatic carbocycles. The van der Waals surface area contributed by atoms with Crippen LogP contribution in [0.4, 0.5) is 13.2 Å². The minimum atomic E-state index is -4.38. The molecule has 1 aliphatic heterocycles. The molecule has 0 aliphatic carbocycles. The molecule has 3 nitrogen and oxygen atoms in total. The van der Waals surface area contributed by atoms with Crippen molar-refractivity contribution in [3.05, 3.63) is 47.2 Å². The number of aryl methyl sites for hydroxylation is 1. The maximum Gasteiger partial charge on any atom is 0.416 e. The summed E-state index contributed by atoms with van der Waals surface area (Å²) in [6.45, 7) is 12.8. The lowest BCUT2D eigenvalue weighted by Gasteiger charge is -2.29. The summed E-state index contributed by atoms with van der Waals surface area (Å²) in [6.07, 6.45) is 6.65. The van der Waals surface area contributed by atoms with Crippen LogP contribution in [0.2, 0.25) is 0 Å². The van der Waals surface area contributed by atoms with Gasteiger partial charge < -0.3 is 10.0 Å². The zero-order chi connectivity index (χ0) is 25.8. The third-order valence-electron chi connectivity index (χ3n) is 6.46. The molecular weight excluding hydrogens is 437 g/mol. The molecule has 194 valence electrons. The first-order chi connectivity index (χ1) is 16.0. The van der Waals surface area contributed by atoms with Crippen molar-refractivity contribution in [2.24, 2.45) is 4.99 Å². The number of hydrogen-bond donors (Lipinski definition) is 1. The van der Waals surface area contributed by atoms with E-state index in [0.717, 1.165) is 38.3 Å². The largest absolute Gasteiger partial charge is 0.416 e. The molecule has 1 aromatic rings. The summed E-state index contributed by atoms with van der Waals surface area (Å²) in [5.74, 6) is 1.24. The fourth-order valence-corrected chi connectivity index (χ4v) is 4.54. The molecular formula is C28H45F3N2O. The summed E-state index contributed by atoms with van der Waals surface area (Å²) >= 11 is 0. The van der Waals surface area contributed by atoms with E-state index < -0.39 is 17.3 Å². The van der Waals surface area contributed by atoms with Gasteiger partial charge in [0.05, 0.1) is 11.2 Å². The molecule has 0 atom stereocenters. The van der Waals surface area contributed by atoms with Crippen LogP contribution in [0.5, 0.6) is 0 Å². The Morgan fingerprint density at radius 2 is 1.71 bits per heavy atom. The molecule has 1 fully saturated rings. The molecule has 0 amide bonds. The minimum absolute atomic E-state index is 0.187. The van der Waals surface area contributed by atoms with Crippen LogP contribution >= 0.6 is 0 Å².